The molecular formula is C14H21N3OS. The van der Waals surface area contributed by atoms with Crippen molar-refractivity contribution in [1.82, 2.24) is 9.55 Å². The van der Waals surface area contributed by atoms with E-state index in [4.69, 9.17) is 5.73 Å². The average molecular weight is 279 g/mol. The zero-order valence-corrected chi connectivity index (χ0v) is 12.3. The first-order chi connectivity index (χ1) is 9.17. The zero-order valence-electron chi connectivity index (χ0n) is 11.5. The number of rotatable bonds is 6. The molecule has 0 aliphatic heterocycles. The Balaban J connectivity index is 2.34. The van der Waals surface area contributed by atoms with Crippen LogP contribution in [-0.2, 0) is 6.61 Å². The van der Waals surface area contributed by atoms with Gasteiger partial charge in [0.05, 0.1) is 11.0 Å². The van der Waals surface area contributed by atoms with E-state index in [-0.39, 0.29) is 6.61 Å². The molecule has 0 spiro atoms. The maximum absolute atomic E-state index is 9.49. The number of aliphatic hydroxyl groups excluding tert-OH is 1. The van der Waals surface area contributed by atoms with Crippen LogP contribution in [-0.4, -0.2) is 26.2 Å². The highest BCUT2D eigenvalue weighted by Crippen LogP contribution is 2.25. The van der Waals surface area contributed by atoms with Gasteiger partial charge < -0.3 is 15.4 Å². The third-order valence-corrected chi connectivity index (χ3v) is 4.19. The van der Waals surface area contributed by atoms with Crippen LogP contribution in [0.15, 0.2) is 18.2 Å². The zero-order chi connectivity index (χ0) is 13.8. The Bertz CT molecular complexity index is 553. The summed E-state index contributed by atoms with van der Waals surface area (Å²) < 4.78 is 2.13. The Hall–Kier alpha value is -1.20. The Kier molecular flexibility index (Phi) is 4.71. The smallest absolute Gasteiger partial charge is 0.135 e. The van der Waals surface area contributed by atoms with E-state index in [1.807, 2.05) is 30.0 Å². The number of imidazole rings is 1. The molecule has 0 aliphatic carbocycles. The van der Waals surface area contributed by atoms with Crippen molar-refractivity contribution in [2.75, 3.05) is 17.2 Å². The van der Waals surface area contributed by atoms with Crippen LogP contribution in [0.1, 0.15) is 32.1 Å². The molecule has 0 saturated heterocycles. The molecular weight excluding hydrogens is 258 g/mol. The van der Waals surface area contributed by atoms with Gasteiger partial charge in [-0.25, -0.2) is 4.98 Å². The molecule has 2 aromatic rings. The van der Waals surface area contributed by atoms with E-state index < -0.39 is 0 Å². The van der Waals surface area contributed by atoms with Gasteiger partial charge in [-0.2, -0.15) is 11.8 Å². The summed E-state index contributed by atoms with van der Waals surface area (Å²) in [5.74, 6) is 2.98. The molecule has 1 unspecified atom stereocenters. The predicted octanol–water partition coefficient (Wildman–Crippen LogP) is 2.82. The van der Waals surface area contributed by atoms with E-state index in [9.17, 15) is 5.11 Å². The third kappa shape index (κ3) is 3.04. The number of benzene rings is 1. The lowest BCUT2D eigenvalue weighted by molar-refractivity contribution is 0.262. The van der Waals surface area contributed by atoms with E-state index in [1.54, 1.807) is 0 Å². The van der Waals surface area contributed by atoms with Gasteiger partial charge in [-0.15, -0.1) is 0 Å². The van der Waals surface area contributed by atoms with Crippen LogP contribution in [0.2, 0.25) is 0 Å². The summed E-state index contributed by atoms with van der Waals surface area (Å²) in [6.45, 7) is 4.30. The van der Waals surface area contributed by atoms with Crippen LogP contribution >= 0.6 is 11.8 Å². The molecule has 0 fully saturated rings. The van der Waals surface area contributed by atoms with E-state index in [1.165, 1.54) is 0 Å². The largest absolute Gasteiger partial charge is 0.399 e. The molecule has 1 aromatic carbocycles. The summed E-state index contributed by atoms with van der Waals surface area (Å²) in [4.78, 5) is 4.47. The number of anilines is 1. The summed E-state index contributed by atoms with van der Waals surface area (Å²) >= 11 is 1.94. The van der Waals surface area contributed by atoms with Crippen molar-refractivity contribution < 1.29 is 5.11 Å². The van der Waals surface area contributed by atoms with E-state index in [0.717, 1.165) is 34.8 Å². The molecule has 1 atom stereocenters. The van der Waals surface area contributed by atoms with Crippen molar-refractivity contribution in [3.8, 4) is 0 Å². The molecule has 0 amide bonds. The number of nitrogens with two attached hydrogens (primary N) is 1. The predicted molar refractivity (Wildman–Crippen MR) is 82.4 cm³/mol. The molecule has 104 valence electrons. The number of nitrogen functional groups attached to an aromatic ring is 1. The van der Waals surface area contributed by atoms with Crippen molar-refractivity contribution in [1.29, 1.82) is 0 Å². The first-order valence-electron chi connectivity index (χ1n) is 6.62. The minimum absolute atomic E-state index is 0.0418. The average Bonchev–Trinajstić information content (AvgIpc) is 2.76. The summed E-state index contributed by atoms with van der Waals surface area (Å²) in [6.07, 6.45) is 1.07. The van der Waals surface area contributed by atoms with Crippen LogP contribution in [0, 0.1) is 0 Å². The number of aliphatic hydroxyl groups is 1. The highest BCUT2D eigenvalue weighted by molar-refractivity contribution is 7.99. The van der Waals surface area contributed by atoms with Crippen molar-refractivity contribution in [3.63, 3.8) is 0 Å². The molecule has 0 radical (unpaired) electrons. The van der Waals surface area contributed by atoms with Crippen LogP contribution in [0.25, 0.3) is 11.0 Å². The van der Waals surface area contributed by atoms with Gasteiger partial charge in [0.25, 0.3) is 0 Å². The fraction of sp³-hybridized carbons (Fsp3) is 0.500. The molecule has 19 heavy (non-hydrogen) atoms. The molecule has 1 heterocycles. The van der Waals surface area contributed by atoms with Crippen molar-refractivity contribution >= 4 is 28.5 Å². The number of hydrogen-bond acceptors (Lipinski definition) is 4. The lowest BCUT2D eigenvalue weighted by Crippen LogP contribution is -2.10. The lowest BCUT2D eigenvalue weighted by atomic mass is 10.2. The number of nitrogens with zero attached hydrogens (tertiary/aromatic N) is 2. The quantitative estimate of drug-likeness (QED) is 0.630. The Labute approximate surface area is 118 Å². The topological polar surface area (TPSA) is 64.1 Å². The normalized spacial score (nSPS) is 13.0. The minimum Gasteiger partial charge on any atom is -0.399 e. The maximum Gasteiger partial charge on any atom is 0.135 e. The van der Waals surface area contributed by atoms with E-state index >= 15 is 0 Å². The SMILES string of the molecule is CCSCCC(C)n1c(CO)nc2cc(N)ccc21. The van der Waals surface area contributed by atoms with Crippen LogP contribution in [0.5, 0.6) is 0 Å². The van der Waals surface area contributed by atoms with E-state index in [0.29, 0.717) is 11.7 Å². The van der Waals surface area contributed by atoms with Gasteiger partial charge in [-0.3, -0.25) is 0 Å². The van der Waals surface area contributed by atoms with Gasteiger partial charge in [0, 0.05) is 11.7 Å². The van der Waals surface area contributed by atoms with Crippen LogP contribution in [0.3, 0.4) is 0 Å². The Morgan fingerprint density at radius 2 is 2.26 bits per heavy atom. The standard InChI is InChI=1S/C14H21N3OS/c1-3-19-7-6-10(2)17-13-5-4-11(15)8-12(13)16-14(17)9-18/h4-5,8,10,18H,3,6-7,9,15H2,1-2H3. The van der Waals surface area contributed by atoms with Gasteiger partial charge in [0.1, 0.15) is 12.4 Å². The van der Waals surface area contributed by atoms with Gasteiger partial charge in [0.2, 0.25) is 0 Å². The maximum atomic E-state index is 9.49. The summed E-state index contributed by atoms with van der Waals surface area (Å²) in [5.41, 5.74) is 8.40. The summed E-state index contributed by atoms with van der Waals surface area (Å²) in [6, 6.07) is 6.06. The van der Waals surface area contributed by atoms with Crippen molar-refractivity contribution in [2.45, 2.75) is 32.9 Å². The summed E-state index contributed by atoms with van der Waals surface area (Å²) in [5, 5.41) is 9.49. The lowest BCUT2D eigenvalue weighted by Gasteiger charge is -2.16. The highest BCUT2D eigenvalue weighted by atomic mass is 32.2. The Morgan fingerprint density at radius 1 is 1.47 bits per heavy atom. The molecule has 1 aromatic heterocycles. The number of aromatic nitrogens is 2. The molecule has 2 rings (SSSR count). The fourth-order valence-electron chi connectivity index (χ4n) is 2.30. The Morgan fingerprint density at radius 3 is 2.95 bits per heavy atom. The minimum atomic E-state index is -0.0418. The number of fused-ring (bicyclic) bond motifs is 1. The molecule has 0 bridgehead atoms. The molecule has 0 saturated carbocycles. The van der Waals surface area contributed by atoms with Gasteiger partial charge in [0.15, 0.2) is 0 Å². The molecule has 5 heteroatoms. The first kappa shape index (κ1) is 14.2. The first-order valence-corrected chi connectivity index (χ1v) is 7.77. The summed E-state index contributed by atoms with van der Waals surface area (Å²) in [7, 11) is 0. The highest BCUT2D eigenvalue weighted by Gasteiger charge is 2.15. The molecule has 4 nitrogen and oxygen atoms in total. The monoisotopic (exact) mass is 279 g/mol. The number of hydrogen-bond donors (Lipinski definition) is 2. The van der Waals surface area contributed by atoms with Crippen LogP contribution < -0.4 is 5.73 Å². The van der Waals surface area contributed by atoms with Gasteiger partial charge >= 0.3 is 0 Å². The van der Waals surface area contributed by atoms with Crippen molar-refractivity contribution in [2.24, 2.45) is 0 Å². The van der Waals surface area contributed by atoms with Crippen LogP contribution in [0.4, 0.5) is 5.69 Å². The fourth-order valence-corrected chi connectivity index (χ4v) is 3.09. The van der Waals surface area contributed by atoms with E-state index in [2.05, 4.69) is 23.4 Å². The number of thioether (sulfide) groups is 1. The second-order valence-electron chi connectivity index (χ2n) is 4.64. The third-order valence-electron chi connectivity index (χ3n) is 3.25. The molecule has 0 aliphatic rings. The molecule has 3 N–H and O–H groups in total. The van der Waals surface area contributed by atoms with Gasteiger partial charge in [-0.1, -0.05) is 6.92 Å². The van der Waals surface area contributed by atoms with Gasteiger partial charge in [-0.05, 0) is 43.0 Å². The van der Waals surface area contributed by atoms with Crippen molar-refractivity contribution in [3.05, 3.63) is 24.0 Å². The second kappa shape index (κ2) is 6.30. The second-order valence-corrected chi connectivity index (χ2v) is 6.03.